The van der Waals surface area contributed by atoms with E-state index in [0.717, 1.165) is 33.6 Å². The predicted molar refractivity (Wildman–Crippen MR) is 263 cm³/mol. The molecule has 0 aliphatic heterocycles. The van der Waals surface area contributed by atoms with Gasteiger partial charge in [-0.25, -0.2) is 0 Å². The number of nitrogens with zero attached hydrogens (tertiary/aromatic N) is 1. The molecular weight excluding hydrogens is 735 g/mol. The number of rotatable bonds is 11. The Hall–Kier alpha value is -7.74. The van der Waals surface area contributed by atoms with E-state index < -0.39 is 0 Å². The molecule has 0 aromatic heterocycles. The molecule has 292 valence electrons. The molecule has 1 nitrogen and oxygen atoms in total. The summed E-state index contributed by atoms with van der Waals surface area (Å²) < 4.78 is 0. The predicted octanol–water partition coefficient (Wildman–Crippen LogP) is 16.8. The molecule has 0 aliphatic carbocycles. The Labute approximate surface area is 360 Å². The highest BCUT2D eigenvalue weighted by Gasteiger charge is 2.19. The number of benzene rings is 9. The SMILES string of the molecule is C\C=C/C=C\C(=C\N(c1ccc(-c2ccc(-c3cccc4ccccc34)c(-c3ccccc3)c2)c(C)c1)c1ccc(-c2ccccc2)cc1-c1ccccc1)c1ccccc1. The molecule has 9 aromatic carbocycles. The first-order valence-electron chi connectivity index (χ1n) is 21.0. The largest absolute Gasteiger partial charge is 0.316 e. The van der Waals surface area contributed by atoms with Gasteiger partial charge in [0.25, 0.3) is 0 Å². The monoisotopic (exact) mass is 781 g/mol. The fraction of sp³-hybridized carbons (Fsp3) is 0.0333. The van der Waals surface area contributed by atoms with Gasteiger partial charge in [-0.05, 0) is 122 Å². The molecule has 0 heterocycles. The minimum Gasteiger partial charge on any atom is -0.316 e. The van der Waals surface area contributed by atoms with Crippen LogP contribution in [-0.4, -0.2) is 0 Å². The van der Waals surface area contributed by atoms with Crippen LogP contribution in [0.2, 0.25) is 0 Å². The van der Waals surface area contributed by atoms with Crippen LogP contribution in [0.5, 0.6) is 0 Å². The third-order valence-corrected chi connectivity index (χ3v) is 11.4. The van der Waals surface area contributed by atoms with E-state index in [0.29, 0.717) is 0 Å². The van der Waals surface area contributed by atoms with Crippen molar-refractivity contribution in [3.63, 3.8) is 0 Å². The summed E-state index contributed by atoms with van der Waals surface area (Å²) in [6, 6.07) is 78.9. The summed E-state index contributed by atoms with van der Waals surface area (Å²) >= 11 is 0. The number of anilines is 2. The second-order valence-electron chi connectivity index (χ2n) is 15.3. The molecule has 61 heavy (non-hydrogen) atoms. The van der Waals surface area contributed by atoms with Gasteiger partial charge < -0.3 is 4.90 Å². The van der Waals surface area contributed by atoms with Gasteiger partial charge in [0, 0.05) is 17.5 Å². The number of hydrogen-bond acceptors (Lipinski definition) is 1. The molecule has 0 fully saturated rings. The van der Waals surface area contributed by atoms with Gasteiger partial charge in [-0.15, -0.1) is 0 Å². The zero-order valence-electron chi connectivity index (χ0n) is 34.6. The van der Waals surface area contributed by atoms with E-state index in [-0.39, 0.29) is 0 Å². The lowest BCUT2D eigenvalue weighted by atomic mass is 9.88. The third kappa shape index (κ3) is 8.41. The smallest absolute Gasteiger partial charge is 0.0534 e. The van der Waals surface area contributed by atoms with Crippen molar-refractivity contribution in [3.8, 4) is 55.6 Å². The van der Waals surface area contributed by atoms with Crippen LogP contribution in [0.15, 0.2) is 249 Å². The van der Waals surface area contributed by atoms with Gasteiger partial charge in [-0.1, -0.05) is 212 Å². The lowest BCUT2D eigenvalue weighted by Crippen LogP contribution is -2.11. The van der Waals surface area contributed by atoms with Gasteiger partial charge in [0.2, 0.25) is 0 Å². The van der Waals surface area contributed by atoms with E-state index in [9.17, 15) is 0 Å². The Morgan fingerprint density at radius 3 is 1.70 bits per heavy atom. The van der Waals surface area contributed by atoms with Gasteiger partial charge >= 0.3 is 0 Å². The van der Waals surface area contributed by atoms with Crippen LogP contribution in [0.25, 0.3) is 72.0 Å². The molecule has 0 radical (unpaired) electrons. The summed E-state index contributed by atoms with van der Waals surface area (Å²) in [7, 11) is 0. The van der Waals surface area contributed by atoms with Crippen molar-refractivity contribution in [2.45, 2.75) is 13.8 Å². The molecule has 0 bridgehead atoms. The average molecular weight is 782 g/mol. The quantitative estimate of drug-likeness (QED) is 0.118. The molecule has 0 aliphatic rings. The van der Waals surface area contributed by atoms with Gasteiger partial charge in [0.1, 0.15) is 0 Å². The van der Waals surface area contributed by atoms with Crippen LogP contribution in [0.4, 0.5) is 11.4 Å². The molecule has 9 aromatic rings. The van der Waals surface area contributed by atoms with Gasteiger partial charge in [-0.3, -0.25) is 0 Å². The van der Waals surface area contributed by atoms with E-state index in [1.807, 2.05) is 6.92 Å². The number of hydrogen-bond donors (Lipinski definition) is 0. The molecular formula is C60H47N. The van der Waals surface area contributed by atoms with E-state index in [4.69, 9.17) is 0 Å². The van der Waals surface area contributed by atoms with Crippen LogP contribution in [0, 0.1) is 6.92 Å². The van der Waals surface area contributed by atoms with E-state index in [1.54, 1.807) is 0 Å². The maximum Gasteiger partial charge on any atom is 0.0534 e. The van der Waals surface area contributed by atoms with Crippen molar-refractivity contribution >= 4 is 27.7 Å². The van der Waals surface area contributed by atoms with Crippen molar-refractivity contribution in [2.24, 2.45) is 0 Å². The summed E-state index contributed by atoms with van der Waals surface area (Å²) in [5.74, 6) is 0. The Morgan fingerprint density at radius 1 is 0.410 bits per heavy atom. The molecule has 0 amide bonds. The van der Waals surface area contributed by atoms with Crippen LogP contribution >= 0.6 is 0 Å². The Morgan fingerprint density at radius 2 is 1.00 bits per heavy atom. The normalized spacial score (nSPS) is 11.7. The zero-order chi connectivity index (χ0) is 41.4. The second-order valence-corrected chi connectivity index (χ2v) is 15.3. The van der Waals surface area contributed by atoms with Crippen LogP contribution in [0.3, 0.4) is 0 Å². The first kappa shape index (κ1) is 38.8. The average Bonchev–Trinajstić information content (AvgIpc) is 3.33. The van der Waals surface area contributed by atoms with Gasteiger partial charge in [0.05, 0.1) is 5.69 Å². The van der Waals surface area contributed by atoms with Crippen molar-refractivity contribution in [3.05, 3.63) is 260 Å². The molecule has 0 atom stereocenters. The molecule has 0 saturated heterocycles. The Bertz CT molecular complexity index is 3010. The Kier molecular flexibility index (Phi) is 11.5. The summed E-state index contributed by atoms with van der Waals surface area (Å²) in [4.78, 5) is 2.37. The van der Waals surface area contributed by atoms with Crippen molar-refractivity contribution in [1.29, 1.82) is 0 Å². The second kappa shape index (κ2) is 18.0. The standard InChI is InChI=1S/C60H47N/c1-3-4-9-30-52(46-23-12-6-13-24-46)43-61(60-39-35-50(45-21-10-5-11-22-45)41-59(60)49-27-16-8-17-28-49)53-36-38-54(44(2)40-53)51-34-37-57(58(42-51)48-25-14-7-15-26-48)56-33-20-31-47-29-18-19-32-55(47)56/h3-43H,1-2H3/b4-3-,30-9-,52-43-. The third-order valence-electron chi connectivity index (χ3n) is 11.4. The van der Waals surface area contributed by atoms with E-state index in [1.165, 1.54) is 60.8 Å². The lowest BCUT2D eigenvalue weighted by Gasteiger charge is -2.27. The fourth-order valence-corrected chi connectivity index (χ4v) is 8.33. The maximum atomic E-state index is 2.38. The molecule has 0 saturated carbocycles. The maximum absolute atomic E-state index is 2.38. The Balaban J connectivity index is 1.22. The first-order chi connectivity index (χ1) is 30.1. The van der Waals surface area contributed by atoms with Crippen LogP contribution < -0.4 is 4.90 Å². The van der Waals surface area contributed by atoms with E-state index in [2.05, 4.69) is 261 Å². The number of fused-ring (bicyclic) bond motifs is 1. The van der Waals surface area contributed by atoms with E-state index >= 15 is 0 Å². The van der Waals surface area contributed by atoms with Crippen LogP contribution in [0.1, 0.15) is 18.1 Å². The molecule has 0 unspecified atom stereocenters. The minimum absolute atomic E-state index is 1.08. The number of allylic oxidation sites excluding steroid dienone is 5. The summed E-state index contributed by atoms with van der Waals surface area (Å²) in [5, 5.41) is 2.50. The lowest BCUT2D eigenvalue weighted by molar-refractivity contribution is 1.27. The topological polar surface area (TPSA) is 3.24 Å². The highest BCUT2D eigenvalue weighted by atomic mass is 15.1. The fourth-order valence-electron chi connectivity index (χ4n) is 8.33. The summed E-state index contributed by atoms with van der Waals surface area (Å²) in [5.41, 5.74) is 17.6. The van der Waals surface area contributed by atoms with Gasteiger partial charge in [-0.2, -0.15) is 0 Å². The number of aryl methyl sites for hydroxylation is 1. The highest BCUT2D eigenvalue weighted by Crippen LogP contribution is 2.43. The zero-order valence-corrected chi connectivity index (χ0v) is 34.6. The first-order valence-corrected chi connectivity index (χ1v) is 21.0. The molecule has 0 N–H and O–H groups in total. The molecule has 1 heteroatoms. The van der Waals surface area contributed by atoms with Crippen LogP contribution in [-0.2, 0) is 0 Å². The minimum atomic E-state index is 1.08. The van der Waals surface area contributed by atoms with Gasteiger partial charge in [0.15, 0.2) is 0 Å². The molecule has 9 rings (SSSR count). The highest BCUT2D eigenvalue weighted by molar-refractivity contribution is 6.01. The van der Waals surface area contributed by atoms with Crippen molar-refractivity contribution < 1.29 is 0 Å². The molecule has 0 spiro atoms. The van der Waals surface area contributed by atoms with Crippen molar-refractivity contribution in [2.75, 3.05) is 4.90 Å². The summed E-state index contributed by atoms with van der Waals surface area (Å²) in [6.07, 6.45) is 10.8. The van der Waals surface area contributed by atoms with Crippen molar-refractivity contribution in [1.82, 2.24) is 0 Å². The summed E-state index contributed by atoms with van der Waals surface area (Å²) in [6.45, 7) is 4.29.